The van der Waals surface area contributed by atoms with Crippen molar-refractivity contribution < 1.29 is 9.21 Å². The Morgan fingerprint density at radius 1 is 1.38 bits per heavy atom. The summed E-state index contributed by atoms with van der Waals surface area (Å²) in [5.41, 5.74) is 1.15. The first-order valence-electron chi connectivity index (χ1n) is 7.23. The highest BCUT2D eigenvalue weighted by molar-refractivity contribution is 5.97. The first-order valence-corrected chi connectivity index (χ1v) is 7.23. The summed E-state index contributed by atoms with van der Waals surface area (Å²) in [5, 5.41) is 16.3. The van der Waals surface area contributed by atoms with Gasteiger partial charge in [0.05, 0.1) is 0 Å². The number of rotatable bonds is 2. The van der Waals surface area contributed by atoms with E-state index in [1.807, 2.05) is 12.1 Å². The minimum atomic E-state index is -0.0776. The maximum atomic E-state index is 12.4. The Bertz CT molecular complexity index is 758. The van der Waals surface area contributed by atoms with Crippen LogP contribution in [0.5, 0.6) is 0 Å². The van der Waals surface area contributed by atoms with Crippen LogP contribution in [0.25, 0.3) is 11.0 Å². The Hall–Kier alpha value is -2.32. The van der Waals surface area contributed by atoms with Gasteiger partial charge in [0.1, 0.15) is 11.7 Å². The highest BCUT2D eigenvalue weighted by atomic mass is 16.3. The van der Waals surface area contributed by atoms with Crippen LogP contribution in [0.1, 0.15) is 35.4 Å². The molecule has 1 aromatic heterocycles. The fourth-order valence-electron chi connectivity index (χ4n) is 3.46. The lowest BCUT2D eigenvalue weighted by atomic mass is 9.95. The molecule has 0 aliphatic carbocycles. The second kappa shape index (κ2) is 4.61. The van der Waals surface area contributed by atoms with Gasteiger partial charge in [-0.25, -0.2) is 0 Å². The van der Waals surface area contributed by atoms with E-state index < -0.39 is 0 Å². The number of amides is 1. The fraction of sp³-hybridized carbons (Fsp3) is 0.375. The van der Waals surface area contributed by atoms with Crippen molar-refractivity contribution in [1.29, 1.82) is 5.26 Å². The summed E-state index contributed by atoms with van der Waals surface area (Å²) >= 11 is 0. The van der Waals surface area contributed by atoms with Crippen molar-refractivity contribution in [3.05, 3.63) is 35.6 Å². The molecule has 106 valence electrons. The highest BCUT2D eigenvalue weighted by Crippen LogP contribution is 2.28. The molecule has 2 saturated heterocycles. The molecular formula is C16H15N3O2. The predicted molar refractivity (Wildman–Crippen MR) is 76.7 cm³/mol. The SMILES string of the molecule is N#Cc1cc2ccc(C(=O)N[C@@H]3C[C@H]4CC[C@@H]3N4)cc2o1. The molecule has 2 bridgehead atoms. The summed E-state index contributed by atoms with van der Waals surface area (Å²) in [7, 11) is 0. The van der Waals surface area contributed by atoms with Crippen LogP contribution in [-0.2, 0) is 0 Å². The number of carbonyl (C=O) groups excluding carboxylic acids is 1. The van der Waals surface area contributed by atoms with Crippen LogP contribution in [0.3, 0.4) is 0 Å². The zero-order valence-corrected chi connectivity index (χ0v) is 11.4. The van der Waals surface area contributed by atoms with Crippen molar-refractivity contribution in [2.75, 3.05) is 0 Å². The Labute approximate surface area is 121 Å². The Morgan fingerprint density at radius 3 is 3.00 bits per heavy atom. The summed E-state index contributed by atoms with van der Waals surface area (Å²) in [4.78, 5) is 12.4. The molecule has 4 rings (SSSR count). The molecule has 0 unspecified atom stereocenters. The maximum absolute atomic E-state index is 12.4. The van der Waals surface area contributed by atoms with Gasteiger partial charge in [-0.15, -0.1) is 0 Å². The van der Waals surface area contributed by atoms with E-state index in [9.17, 15) is 4.79 Å². The van der Waals surface area contributed by atoms with Crippen LogP contribution in [0.15, 0.2) is 28.7 Å². The molecule has 0 saturated carbocycles. The number of nitriles is 1. The van der Waals surface area contributed by atoms with Gasteiger partial charge in [0.25, 0.3) is 5.91 Å². The highest BCUT2D eigenvalue weighted by Gasteiger charge is 2.39. The van der Waals surface area contributed by atoms with Crippen molar-refractivity contribution in [3.8, 4) is 6.07 Å². The van der Waals surface area contributed by atoms with Gasteiger partial charge in [-0.3, -0.25) is 4.79 Å². The first-order chi connectivity index (χ1) is 10.2. The molecule has 2 aliphatic heterocycles. The second-order valence-electron chi connectivity index (χ2n) is 5.84. The number of hydrogen-bond acceptors (Lipinski definition) is 4. The summed E-state index contributed by atoms with van der Waals surface area (Å²) in [6.07, 6.45) is 3.36. The van der Waals surface area contributed by atoms with Crippen LogP contribution in [0, 0.1) is 11.3 Å². The number of nitrogens with one attached hydrogen (secondary N) is 2. The molecule has 3 heterocycles. The van der Waals surface area contributed by atoms with Crippen LogP contribution in [0.4, 0.5) is 0 Å². The summed E-state index contributed by atoms with van der Waals surface area (Å²) in [6.45, 7) is 0. The third kappa shape index (κ3) is 2.08. The van der Waals surface area contributed by atoms with Gasteiger partial charge in [0.15, 0.2) is 0 Å². The molecule has 5 heteroatoms. The van der Waals surface area contributed by atoms with Gasteiger partial charge in [-0.2, -0.15) is 5.26 Å². The number of furan rings is 1. The second-order valence-corrected chi connectivity index (χ2v) is 5.84. The summed E-state index contributed by atoms with van der Waals surface area (Å²) < 4.78 is 5.37. The van der Waals surface area contributed by atoms with Crippen LogP contribution >= 0.6 is 0 Å². The average Bonchev–Trinajstić information content (AvgIpc) is 3.20. The zero-order chi connectivity index (χ0) is 14.4. The van der Waals surface area contributed by atoms with Crippen molar-refractivity contribution in [2.24, 2.45) is 0 Å². The largest absolute Gasteiger partial charge is 0.446 e. The smallest absolute Gasteiger partial charge is 0.251 e. The number of fused-ring (bicyclic) bond motifs is 3. The third-order valence-electron chi connectivity index (χ3n) is 4.51. The molecule has 2 fully saturated rings. The summed E-state index contributed by atoms with van der Waals surface area (Å²) in [6, 6.07) is 10.1. The molecule has 21 heavy (non-hydrogen) atoms. The number of nitrogens with zero attached hydrogens (tertiary/aromatic N) is 1. The van der Waals surface area contributed by atoms with E-state index in [1.54, 1.807) is 18.2 Å². The van der Waals surface area contributed by atoms with Crippen molar-refractivity contribution >= 4 is 16.9 Å². The molecule has 0 radical (unpaired) electrons. The molecule has 5 nitrogen and oxygen atoms in total. The average molecular weight is 281 g/mol. The molecule has 2 aliphatic rings. The van der Waals surface area contributed by atoms with Crippen molar-refractivity contribution in [1.82, 2.24) is 10.6 Å². The molecular weight excluding hydrogens is 266 g/mol. The van der Waals surface area contributed by atoms with E-state index >= 15 is 0 Å². The van der Waals surface area contributed by atoms with E-state index in [2.05, 4.69) is 10.6 Å². The van der Waals surface area contributed by atoms with Gasteiger partial charge < -0.3 is 15.1 Å². The van der Waals surface area contributed by atoms with Gasteiger partial charge in [-0.1, -0.05) is 6.07 Å². The molecule has 3 atom stereocenters. The van der Waals surface area contributed by atoms with Gasteiger partial charge in [0, 0.05) is 35.1 Å². The normalized spacial score (nSPS) is 26.9. The van der Waals surface area contributed by atoms with Crippen molar-refractivity contribution in [2.45, 2.75) is 37.4 Å². The zero-order valence-electron chi connectivity index (χ0n) is 11.4. The van der Waals surface area contributed by atoms with E-state index in [4.69, 9.17) is 9.68 Å². The molecule has 1 aromatic carbocycles. The van der Waals surface area contributed by atoms with Crippen LogP contribution < -0.4 is 10.6 Å². The minimum Gasteiger partial charge on any atom is -0.446 e. The van der Waals surface area contributed by atoms with Gasteiger partial charge in [-0.05, 0) is 31.4 Å². The minimum absolute atomic E-state index is 0.0776. The van der Waals surface area contributed by atoms with Crippen LogP contribution in [0.2, 0.25) is 0 Å². The number of benzene rings is 1. The fourth-order valence-corrected chi connectivity index (χ4v) is 3.46. The monoisotopic (exact) mass is 281 g/mol. The number of hydrogen-bond donors (Lipinski definition) is 2. The number of carbonyl (C=O) groups is 1. The van der Waals surface area contributed by atoms with Crippen molar-refractivity contribution in [3.63, 3.8) is 0 Å². The predicted octanol–water partition coefficient (Wildman–Crippen LogP) is 1.93. The standard InChI is InChI=1S/C16H15N3O2/c17-8-12-5-9-1-2-10(6-15(9)21-12)16(20)19-14-7-11-3-4-13(14)18-11/h1-2,5-6,11,13-14,18H,3-4,7H2,(H,19,20)/t11-,13+,14-/m1/s1. The van der Waals surface area contributed by atoms with Gasteiger partial charge in [0.2, 0.25) is 5.76 Å². The molecule has 1 amide bonds. The van der Waals surface area contributed by atoms with E-state index in [-0.39, 0.29) is 17.7 Å². The Balaban J connectivity index is 1.55. The van der Waals surface area contributed by atoms with Gasteiger partial charge >= 0.3 is 0 Å². The van der Waals surface area contributed by atoms with E-state index in [1.165, 1.54) is 6.42 Å². The lowest BCUT2D eigenvalue weighted by Crippen LogP contribution is -2.42. The lowest BCUT2D eigenvalue weighted by molar-refractivity contribution is 0.0931. The molecule has 0 spiro atoms. The first kappa shape index (κ1) is 12.4. The lowest BCUT2D eigenvalue weighted by Gasteiger charge is -2.21. The Kier molecular flexibility index (Phi) is 2.72. The molecule has 2 N–H and O–H groups in total. The maximum Gasteiger partial charge on any atom is 0.251 e. The summed E-state index contributed by atoms with van der Waals surface area (Å²) in [5.74, 6) is 0.186. The Morgan fingerprint density at radius 2 is 2.29 bits per heavy atom. The third-order valence-corrected chi connectivity index (χ3v) is 4.51. The quantitative estimate of drug-likeness (QED) is 0.881. The van der Waals surface area contributed by atoms with Crippen LogP contribution in [-0.4, -0.2) is 24.0 Å². The van der Waals surface area contributed by atoms with E-state index in [0.29, 0.717) is 23.2 Å². The topological polar surface area (TPSA) is 78.1 Å². The molecule has 2 aromatic rings. The van der Waals surface area contributed by atoms with E-state index in [0.717, 1.165) is 18.2 Å².